The lowest BCUT2D eigenvalue weighted by Gasteiger charge is -2.10. The van der Waals surface area contributed by atoms with E-state index in [1.165, 1.54) is 11.2 Å². The zero-order chi connectivity index (χ0) is 15.2. The van der Waals surface area contributed by atoms with Gasteiger partial charge in [-0.3, -0.25) is 9.59 Å². The second-order valence-corrected chi connectivity index (χ2v) is 4.68. The van der Waals surface area contributed by atoms with E-state index in [2.05, 4.69) is 15.4 Å². The van der Waals surface area contributed by atoms with Gasteiger partial charge in [-0.05, 0) is 24.3 Å². The monoisotopic (exact) mass is 287 g/mol. The predicted molar refractivity (Wildman–Crippen MR) is 77.0 cm³/mol. The zero-order valence-corrected chi connectivity index (χ0v) is 12.0. The minimum absolute atomic E-state index is 0.0168. The molecule has 0 fully saturated rings. The summed E-state index contributed by atoms with van der Waals surface area (Å²) in [6.07, 6.45) is 3.32. The maximum absolute atomic E-state index is 11.9. The number of amides is 2. The molecule has 0 aliphatic heterocycles. The molecule has 2 amide bonds. The minimum Gasteiger partial charge on any atom is -0.352 e. The molecular weight excluding hydrogens is 270 g/mol. The topological polar surface area (TPSA) is 80.1 Å². The molecule has 0 unspecified atom stereocenters. The molecule has 21 heavy (non-hydrogen) atoms. The summed E-state index contributed by atoms with van der Waals surface area (Å²) < 4.78 is 1.61. The molecule has 0 atom stereocenters. The SMILES string of the molecule is CN(C)C(=O)CCNC(=O)c1ccc(-n2cncn2)cc1. The van der Waals surface area contributed by atoms with Gasteiger partial charge in [0.2, 0.25) is 5.91 Å². The maximum atomic E-state index is 11.9. The van der Waals surface area contributed by atoms with Gasteiger partial charge in [-0.25, -0.2) is 9.67 Å². The van der Waals surface area contributed by atoms with Crippen molar-refractivity contribution in [1.82, 2.24) is 25.0 Å². The van der Waals surface area contributed by atoms with Crippen LogP contribution < -0.4 is 5.32 Å². The lowest BCUT2D eigenvalue weighted by Crippen LogP contribution is -2.30. The first-order valence-corrected chi connectivity index (χ1v) is 6.51. The Morgan fingerprint density at radius 2 is 1.95 bits per heavy atom. The number of carbonyl (C=O) groups is 2. The highest BCUT2D eigenvalue weighted by molar-refractivity contribution is 5.94. The van der Waals surface area contributed by atoms with Crippen molar-refractivity contribution < 1.29 is 9.59 Å². The lowest BCUT2D eigenvalue weighted by atomic mass is 10.2. The van der Waals surface area contributed by atoms with E-state index in [4.69, 9.17) is 0 Å². The summed E-state index contributed by atoms with van der Waals surface area (Å²) in [5.41, 5.74) is 1.36. The van der Waals surface area contributed by atoms with Crippen LogP contribution >= 0.6 is 0 Å². The average molecular weight is 287 g/mol. The molecule has 0 bridgehead atoms. The molecular formula is C14H17N5O2. The Balaban J connectivity index is 1.90. The third-order valence-electron chi connectivity index (χ3n) is 2.94. The Hall–Kier alpha value is -2.70. The Morgan fingerprint density at radius 3 is 2.52 bits per heavy atom. The number of hydrogen-bond donors (Lipinski definition) is 1. The van der Waals surface area contributed by atoms with Gasteiger partial charge in [-0.2, -0.15) is 5.10 Å². The molecule has 0 spiro atoms. The summed E-state index contributed by atoms with van der Waals surface area (Å²) in [5, 5.41) is 6.73. The van der Waals surface area contributed by atoms with Crippen LogP contribution in [0, 0.1) is 0 Å². The highest BCUT2D eigenvalue weighted by atomic mass is 16.2. The van der Waals surface area contributed by atoms with Gasteiger partial charge in [-0.15, -0.1) is 0 Å². The Morgan fingerprint density at radius 1 is 1.24 bits per heavy atom. The first kappa shape index (κ1) is 14.7. The maximum Gasteiger partial charge on any atom is 0.251 e. The molecule has 0 aliphatic rings. The van der Waals surface area contributed by atoms with Gasteiger partial charge in [0.05, 0.1) is 5.69 Å². The molecule has 110 valence electrons. The molecule has 0 saturated carbocycles. The van der Waals surface area contributed by atoms with Crippen LogP contribution in [-0.4, -0.2) is 52.1 Å². The van der Waals surface area contributed by atoms with Gasteiger partial charge >= 0.3 is 0 Å². The van der Waals surface area contributed by atoms with E-state index < -0.39 is 0 Å². The third-order valence-corrected chi connectivity index (χ3v) is 2.94. The minimum atomic E-state index is -0.202. The van der Waals surface area contributed by atoms with E-state index in [1.807, 2.05) is 0 Å². The Bertz CT molecular complexity index is 605. The van der Waals surface area contributed by atoms with Crippen LogP contribution in [0.15, 0.2) is 36.9 Å². The van der Waals surface area contributed by atoms with Crippen LogP contribution in [0.4, 0.5) is 0 Å². The normalized spacial score (nSPS) is 10.2. The van der Waals surface area contributed by atoms with Crippen molar-refractivity contribution in [3.63, 3.8) is 0 Å². The van der Waals surface area contributed by atoms with Crippen molar-refractivity contribution in [3.8, 4) is 5.69 Å². The van der Waals surface area contributed by atoms with Crippen molar-refractivity contribution in [2.45, 2.75) is 6.42 Å². The fourth-order valence-electron chi connectivity index (χ4n) is 1.72. The molecule has 1 aromatic heterocycles. The largest absolute Gasteiger partial charge is 0.352 e. The van der Waals surface area contributed by atoms with Gasteiger partial charge in [-0.1, -0.05) is 0 Å². The van der Waals surface area contributed by atoms with Crippen molar-refractivity contribution in [1.29, 1.82) is 0 Å². The van der Waals surface area contributed by atoms with Crippen molar-refractivity contribution in [2.24, 2.45) is 0 Å². The van der Waals surface area contributed by atoms with Crippen molar-refractivity contribution >= 4 is 11.8 Å². The molecule has 1 aromatic carbocycles. The molecule has 7 heteroatoms. The van der Waals surface area contributed by atoms with E-state index in [1.54, 1.807) is 49.4 Å². The Kier molecular flexibility index (Phi) is 4.65. The summed E-state index contributed by atoms with van der Waals surface area (Å²) in [6, 6.07) is 6.99. The average Bonchev–Trinajstić information content (AvgIpc) is 3.01. The molecule has 2 rings (SSSR count). The van der Waals surface area contributed by atoms with Gasteiger partial charge < -0.3 is 10.2 Å². The number of carbonyl (C=O) groups excluding carboxylic acids is 2. The summed E-state index contributed by atoms with van der Waals surface area (Å²) in [5.74, 6) is -0.219. The van der Waals surface area contributed by atoms with E-state index in [9.17, 15) is 9.59 Å². The van der Waals surface area contributed by atoms with Crippen LogP contribution in [0.25, 0.3) is 5.69 Å². The highest BCUT2D eigenvalue weighted by Crippen LogP contribution is 2.07. The Labute approximate surface area is 122 Å². The van der Waals surface area contributed by atoms with Crippen molar-refractivity contribution in [3.05, 3.63) is 42.5 Å². The number of hydrogen-bond acceptors (Lipinski definition) is 4. The summed E-state index contributed by atoms with van der Waals surface area (Å²) >= 11 is 0. The summed E-state index contributed by atoms with van der Waals surface area (Å²) in [6.45, 7) is 0.320. The standard InChI is InChI=1S/C14H17N5O2/c1-18(2)13(20)7-8-16-14(21)11-3-5-12(6-4-11)19-10-15-9-17-19/h3-6,9-10H,7-8H2,1-2H3,(H,16,21). The molecule has 0 radical (unpaired) electrons. The van der Waals surface area contributed by atoms with E-state index >= 15 is 0 Å². The van der Waals surface area contributed by atoms with Crippen LogP contribution in [0.2, 0.25) is 0 Å². The second kappa shape index (κ2) is 6.65. The van der Waals surface area contributed by atoms with Gasteiger partial charge in [0.25, 0.3) is 5.91 Å². The molecule has 1 N–H and O–H groups in total. The number of rotatable bonds is 5. The summed E-state index contributed by atoms with van der Waals surface area (Å²) in [7, 11) is 3.38. The van der Waals surface area contributed by atoms with Crippen LogP contribution in [0.5, 0.6) is 0 Å². The fraction of sp³-hybridized carbons (Fsp3) is 0.286. The molecule has 2 aromatic rings. The second-order valence-electron chi connectivity index (χ2n) is 4.68. The molecule has 1 heterocycles. The fourth-order valence-corrected chi connectivity index (χ4v) is 1.72. The van der Waals surface area contributed by atoms with E-state index in [0.717, 1.165) is 5.69 Å². The van der Waals surface area contributed by atoms with Crippen LogP contribution in [0.3, 0.4) is 0 Å². The number of aromatic nitrogens is 3. The van der Waals surface area contributed by atoms with Crippen LogP contribution in [0.1, 0.15) is 16.8 Å². The molecule has 0 saturated heterocycles. The van der Waals surface area contributed by atoms with Gasteiger partial charge in [0.15, 0.2) is 0 Å². The third kappa shape index (κ3) is 3.88. The van der Waals surface area contributed by atoms with Gasteiger partial charge in [0, 0.05) is 32.6 Å². The first-order valence-electron chi connectivity index (χ1n) is 6.51. The zero-order valence-electron chi connectivity index (χ0n) is 12.0. The van der Waals surface area contributed by atoms with Gasteiger partial charge in [0.1, 0.15) is 12.7 Å². The van der Waals surface area contributed by atoms with Crippen molar-refractivity contribution in [2.75, 3.05) is 20.6 Å². The molecule has 7 nitrogen and oxygen atoms in total. The van der Waals surface area contributed by atoms with Crippen LogP contribution in [-0.2, 0) is 4.79 Å². The smallest absolute Gasteiger partial charge is 0.251 e. The number of nitrogens with zero attached hydrogens (tertiary/aromatic N) is 4. The highest BCUT2D eigenvalue weighted by Gasteiger charge is 2.08. The summed E-state index contributed by atoms with van der Waals surface area (Å²) in [4.78, 5) is 28.7. The quantitative estimate of drug-likeness (QED) is 0.867. The number of nitrogens with one attached hydrogen (secondary N) is 1. The lowest BCUT2D eigenvalue weighted by molar-refractivity contribution is -0.128. The predicted octanol–water partition coefficient (Wildman–Crippen LogP) is 0.475. The first-order chi connectivity index (χ1) is 10.1. The number of benzene rings is 1. The van der Waals surface area contributed by atoms with E-state index in [-0.39, 0.29) is 18.2 Å². The van der Waals surface area contributed by atoms with E-state index in [0.29, 0.717) is 12.1 Å². The molecule has 0 aliphatic carbocycles.